The number of hydrogen-bond acceptors (Lipinski definition) is 3. The maximum absolute atomic E-state index is 11.9. The maximum Gasteiger partial charge on any atom is 0.251 e. The fourth-order valence-corrected chi connectivity index (χ4v) is 2.08. The quantitative estimate of drug-likeness (QED) is 0.880. The second-order valence-corrected chi connectivity index (χ2v) is 4.81. The Morgan fingerprint density at radius 1 is 1.40 bits per heavy atom. The molecule has 2 amide bonds. The SMILES string of the molecule is C[C@@H](CN)NC(=O)c1ccc(N2CCCC2=O)cc1.Cl. The summed E-state index contributed by atoms with van der Waals surface area (Å²) in [7, 11) is 0. The second-order valence-electron chi connectivity index (χ2n) is 4.81. The van der Waals surface area contributed by atoms with Crippen molar-refractivity contribution in [3.63, 3.8) is 0 Å². The highest BCUT2D eigenvalue weighted by molar-refractivity contribution is 5.97. The molecule has 1 fully saturated rings. The molecule has 1 aliphatic heterocycles. The first kappa shape index (κ1) is 16.5. The number of nitrogens with two attached hydrogens (primary N) is 1. The van der Waals surface area contributed by atoms with Crippen LogP contribution in [-0.2, 0) is 4.79 Å². The van der Waals surface area contributed by atoms with Crippen molar-refractivity contribution in [1.29, 1.82) is 0 Å². The first-order valence-corrected chi connectivity index (χ1v) is 6.53. The topological polar surface area (TPSA) is 75.4 Å². The standard InChI is InChI=1S/C14H19N3O2.ClH/c1-10(9-15)16-14(19)11-4-6-12(7-5-11)17-8-2-3-13(17)18;/h4-7,10H,2-3,8-9,15H2,1H3,(H,16,19);1H/t10-;/m0./s1. The van der Waals surface area contributed by atoms with Gasteiger partial charge in [0.25, 0.3) is 5.91 Å². The average molecular weight is 298 g/mol. The lowest BCUT2D eigenvalue weighted by Crippen LogP contribution is -2.37. The molecule has 2 rings (SSSR count). The van der Waals surface area contributed by atoms with Crippen LogP contribution in [0.3, 0.4) is 0 Å². The molecular formula is C14H20ClN3O2. The summed E-state index contributed by atoms with van der Waals surface area (Å²) in [5, 5.41) is 2.80. The highest BCUT2D eigenvalue weighted by atomic mass is 35.5. The van der Waals surface area contributed by atoms with Crippen LogP contribution in [0.25, 0.3) is 0 Å². The number of carbonyl (C=O) groups is 2. The van der Waals surface area contributed by atoms with Gasteiger partial charge >= 0.3 is 0 Å². The average Bonchev–Trinajstić information content (AvgIpc) is 2.85. The van der Waals surface area contributed by atoms with Gasteiger partial charge in [0.15, 0.2) is 0 Å². The predicted octanol–water partition coefficient (Wildman–Crippen LogP) is 1.31. The van der Waals surface area contributed by atoms with E-state index in [0.717, 1.165) is 18.7 Å². The summed E-state index contributed by atoms with van der Waals surface area (Å²) < 4.78 is 0. The minimum absolute atomic E-state index is 0. The van der Waals surface area contributed by atoms with Crippen LogP contribution in [0.1, 0.15) is 30.1 Å². The van der Waals surface area contributed by atoms with Crippen molar-refractivity contribution in [2.75, 3.05) is 18.0 Å². The number of nitrogens with one attached hydrogen (secondary N) is 1. The molecule has 1 heterocycles. The molecule has 1 aromatic carbocycles. The number of hydrogen-bond donors (Lipinski definition) is 2. The molecule has 110 valence electrons. The van der Waals surface area contributed by atoms with Crippen molar-refractivity contribution < 1.29 is 9.59 Å². The molecule has 0 unspecified atom stereocenters. The molecule has 1 atom stereocenters. The Morgan fingerprint density at radius 3 is 2.55 bits per heavy atom. The number of amides is 2. The first-order chi connectivity index (χ1) is 9.11. The van der Waals surface area contributed by atoms with E-state index in [4.69, 9.17) is 5.73 Å². The van der Waals surface area contributed by atoms with Gasteiger partial charge in [0.1, 0.15) is 0 Å². The molecule has 0 bridgehead atoms. The number of benzene rings is 1. The molecule has 6 heteroatoms. The van der Waals surface area contributed by atoms with E-state index in [1.807, 2.05) is 19.1 Å². The molecule has 0 radical (unpaired) electrons. The Bertz CT molecular complexity index is 476. The van der Waals surface area contributed by atoms with Crippen molar-refractivity contribution in [2.45, 2.75) is 25.8 Å². The van der Waals surface area contributed by atoms with E-state index in [0.29, 0.717) is 18.5 Å². The smallest absolute Gasteiger partial charge is 0.251 e. The number of nitrogens with zero attached hydrogens (tertiary/aromatic N) is 1. The van der Waals surface area contributed by atoms with Gasteiger partial charge in [0.05, 0.1) is 0 Å². The fraction of sp³-hybridized carbons (Fsp3) is 0.429. The van der Waals surface area contributed by atoms with Crippen LogP contribution in [0.15, 0.2) is 24.3 Å². The van der Waals surface area contributed by atoms with Crippen LogP contribution >= 0.6 is 12.4 Å². The monoisotopic (exact) mass is 297 g/mol. The Labute approximate surface area is 124 Å². The Morgan fingerprint density at radius 2 is 2.05 bits per heavy atom. The lowest BCUT2D eigenvalue weighted by atomic mass is 10.1. The summed E-state index contributed by atoms with van der Waals surface area (Å²) >= 11 is 0. The zero-order valence-corrected chi connectivity index (χ0v) is 12.3. The van der Waals surface area contributed by atoms with Gasteiger partial charge in [-0.05, 0) is 37.6 Å². The Balaban J connectivity index is 0.00000200. The molecule has 1 saturated heterocycles. The molecule has 3 N–H and O–H groups in total. The van der Waals surface area contributed by atoms with E-state index in [1.54, 1.807) is 17.0 Å². The Kier molecular flexibility index (Phi) is 5.98. The summed E-state index contributed by atoms with van der Waals surface area (Å²) in [4.78, 5) is 25.2. The molecule has 0 aromatic heterocycles. The van der Waals surface area contributed by atoms with Gasteiger partial charge in [-0.25, -0.2) is 0 Å². The molecule has 1 aromatic rings. The summed E-state index contributed by atoms with van der Waals surface area (Å²) in [6, 6.07) is 7.04. The Hall–Kier alpha value is -1.59. The molecule has 0 saturated carbocycles. The van der Waals surface area contributed by atoms with Gasteiger partial charge in [0.2, 0.25) is 5.91 Å². The number of anilines is 1. The van der Waals surface area contributed by atoms with Gasteiger partial charge < -0.3 is 16.0 Å². The highest BCUT2D eigenvalue weighted by Gasteiger charge is 2.21. The minimum Gasteiger partial charge on any atom is -0.348 e. The van der Waals surface area contributed by atoms with E-state index in [1.165, 1.54) is 0 Å². The van der Waals surface area contributed by atoms with Crippen molar-refractivity contribution in [1.82, 2.24) is 5.32 Å². The normalized spacial score (nSPS) is 15.7. The number of carbonyl (C=O) groups excluding carboxylic acids is 2. The van der Waals surface area contributed by atoms with Gasteiger partial charge in [-0.3, -0.25) is 9.59 Å². The molecular weight excluding hydrogens is 278 g/mol. The van der Waals surface area contributed by atoms with Crippen molar-refractivity contribution >= 4 is 29.9 Å². The number of halogens is 1. The lowest BCUT2D eigenvalue weighted by Gasteiger charge is -2.16. The summed E-state index contributed by atoms with van der Waals surface area (Å²) in [6.45, 7) is 3.02. The number of rotatable bonds is 4. The van der Waals surface area contributed by atoms with E-state index < -0.39 is 0 Å². The van der Waals surface area contributed by atoms with Gasteiger partial charge in [-0.1, -0.05) is 0 Å². The van der Waals surface area contributed by atoms with Crippen LogP contribution in [-0.4, -0.2) is 30.9 Å². The van der Waals surface area contributed by atoms with Crippen molar-refractivity contribution in [3.05, 3.63) is 29.8 Å². The maximum atomic E-state index is 11.9. The van der Waals surface area contributed by atoms with Crippen LogP contribution in [0, 0.1) is 0 Å². The first-order valence-electron chi connectivity index (χ1n) is 6.53. The van der Waals surface area contributed by atoms with E-state index in [2.05, 4.69) is 5.32 Å². The molecule has 20 heavy (non-hydrogen) atoms. The molecule has 1 aliphatic rings. The van der Waals surface area contributed by atoms with Crippen LogP contribution in [0.5, 0.6) is 0 Å². The highest BCUT2D eigenvalue weighted by Crippen LogP contribution is 2.21. The van der Waals surface area contributed by atoms with Gasteiger partial charge in [0, 0.05) is 36.8 Å². The summed E-state index contributed by atoms with van der Waals surface area (Å²) in [5.41, 5.74) is 6.89. The van der Waals surface area contributed by atoms with E-state index in [-0.39, 0.29) is 30.3 Å². The molecule has 0 spiro atoms. The fourth-order valence-electron chi connectivity index (χ4n) is 2.08. The van der Waals surface area contributed by atoms with Gasteiger partial charge in [-0.15, -0.1) is 12.4 Å². The van der Waals surface area contributed by atoms with Crippen LogP contribution in [0.4, 0.5) is 5.69 Å². The third-order valence-electron chi connectivity index (χ3n) is 3.25. The predicted molar refractivity (Wildman–Crippen MR) is 81.3 cm³/mol. The second kappa shape index (κ2) is 7.26. The third-order valence-corrected chi connectivity index (χ3v) is 3.25. The molecule has 0 aliphatic carbocycles. The van der Waals surface area contributed by atoms with E-state index in [9.17, 15) is 9.59 Å². The lowest BCUT2D eigenvalue weighted by molar-refractivity contribution is -0.117. The van der Waals surface area contributed by atoms with Crippen LogP contribution < -0.4 is 16.0 Å². The summed E-state index contributed by atoms with van der Waals surface area (Å²) in [6.07, 6.45) is 1.51. The minimum atomic E-state index is -0.141. The van der Waals surface area contributed by atoms with Crippen LogP contribution in [0.2, 0.25) is 0 Å². The zero-order chi connectivity index (χ0) is 13.8. The largest absolute Gasteiger partial charge is 0.348 e. The summed E-state index contributed by atoms with van der Waals surface area (Å²) in [5.74, 6) is 0.00574. The molecule has 5 nitrogen and oxygen atoms in total. The van der Waals surface area contributed by atoms with Crippen molar-refractivity contribution in [3.8, 4) is 0 Å². The van der Waals surface area contributed by atoms with E-state index >= 15 is 0 Å². The zero-order valence-electron chi connectivity index (χ0n) is 11.5. The van der Waals surface area contributed by atoms with Gasteiger partial charge in [-0.2, -0.15) is 0 Å². The third kappa shape index (κ3) is 3.71. The van der Waals surface area contributed by atoms with Crippen molar-refractivity contribution in [2.24, 2.45) is 5.73 Å².